The van der Waals surface area contributed by atoms with E-state index in [0.717, 1.165) is 12.0 Å². The summed E-state index contributed by atoms with van der Waals surface area (Å²) in [7, 11) is 0. The topological polar surface area (TPSA) is 41.5 Å². The summed E-state index contributed by atoms with van der Waals surface area (Å²) in [5.74, 6) is -0.458. The zero-order valence-electron chi connectivity index (χ0n) is 11.7. The van der Waals surface area contributed by atoms with Crippen LogP contribution in [0.1, 0.15) is 23.5 Å². The van der Waals surface area contributed by atoms with Crippen molar-refractivity contribution in [2.45, 2.75) is 12.3 Å². The average molecular weight is 317 g/mol. The first kappa shape index (κ1) is 14.7. The molecular weight excluding hydrogens is 303 g/mol. The second-order valence-corrected chi connectivity index (χ2v) is 5.64. The number of benzene rings is 2. The molecule has 2 atom stereocenters. The quantitative estimate of drug-likeness (QED) is 0.677. The van der Waals surface area contributed by atoms with Crippen LogP contribution in [-0.4, -0.2) is 12.1 Å². The highest BCUT2D eigenvalue weighted by Gasteiger charge is 2.43. The van der Waals surface area contributed by atoms with E-state index in [1.807, 2.05) is 30.3 Å². The number of hydrazone groups is 1. The van der Waals surface area contributed by atoms with Crippen LogP contribution in [0, 0.1) is 11.7 Å². The fourth-order valence-corrected chi connectivity index (χ4v) is 2.64. The maximum absolute atomic E-state index is 13.5. The van der Waals surface area contributed by atoms with Crippen LogP contribution < -0.4 is 5.43 Å². The summed E-state index contributed by atoms with van der Waals surface area (Å²) in [4.78, 5) is 12.0. The van der Waals surface area contributed by atoms with E-state index in [2.05, 4.69) is 10.5 Å². The smallest absolute Gasteiger partial charge is 0.243 e. The van der Waals surface area contributed by atoms with Gasteiger partial charge in [0.1, 0.15) is 5.82 Å². The van der Waals surface area contributed by atoms with E-state index in [4.69, 9.17) is 11.6 Å². The molecule has 0 aromatic heterocycles. The molecule has 2 aromatic rings. The van der Waals surface area contributed by atoms with E-state index in [9.17, 15) is 9.18 Å². The molecule has 1 aliphatic carbocycles. The first-order valence-corrected chi connectivity index (χ1v) is 7.36. The van der Waals surface area contributed by atoms with Crippen molar-refractivity contribution in [3.8, 4) is 0 Å². The monoisotopic (exact) mass is 316 g/mol. The third-order valence-corrected chi connectivity index (χ3v) is 4.05. The fraction of sp³-hybridized carbons (Fsp3) is 0.176. The highest BCUT2D eigenvalue weighted by Crippen LogP contribution is 2.47. The van der Waals surface area contributed by atoms with Crippen LogP contribution in [0.4, 0.5) is 4.39 Å². The molecule has 22 heavy (non-hydrogen) atoms. The first-order chi connectivity index (χ1) is 10.7. The molecule has 112 valence electrons. The Bertz CT molecular complexity index is 698. The lowest BCUT2D eigenvalue weighted by molar-refractivity contribution is -0.122. The number of halogens is 2. The molecule has 5 heteroatoms. The Morgan fingerprint density at radius 3 is 2.73 bits per heavy atom. The Morgan fingerprint density at radius 1 is 1.23 bits per heavy atom. The largest absolute Gasteiger partial charge is 0.273 e. The predicted molar refractivity (Wildman–Crippen MR) is 84.4 cm³/mol. The second-order valence-electron chi connectivity index (χ2n) is 5.23. The standard InChI is InChI=1S/C17H14ClFN2O/c18-15-7-4-8-16(19)14(15)10-20-21-17(22)13-9-12(13)11-5-2-1-3-6-11/h1-8,10,12-13H,9H2,(H,21,22)/b20-10+. The number of amides is 1. The van der Waals surface area contributed by atoms with Gasteiger partial charge in [-0.3, -0.25) is 4.79 Å². The normalized spacial score (nSPS) is 20.1. The first-order valence-electron chi connectivity index (χ1n) is 6.98. The van der Waals surface area contributed by atoms with Crippen molar-refractivity contribution in [2.24, 2.45) is 11.0 Å². The van der Waals surface area contributed by atoms with Gasteiger partial charge in [0, 0.05) is 11.5 Å². The van der Waals surface area contributed by atoms with Gasteiger partial charge in [0.25, 0.3) is 0 Å². The number of nitrogens with zero attached hydrogens (tertiary/aromatic N) is 1. The van der Waals surface area contributed by atoms with Crippen molar-refractivity contribution in [1.29, 1.82) is 0 Å². The van der Waals surface area contributed by atoms with Crippen LogP contribution in [0.25, 0.3) is 0 Å². The highest BCUT2D eigenvalue weighted by molar-refractivity contribution is 6.33. The molecule has 2 unspecified atom stereocenters. The number of hydrogen-bond donors (Lipinski definition) is 1. The molecule has 1 saturated carbocycles. The van der Waals surface area contributed by atoms with Crippen molar-refractivity contribution in [3.05, 3.63) is 70.5 Å². The number of carbonyl (C=O) groups excluding carboxylic acids is 1. The Hall–Kier alpha value is -2.20. The van der Waals surface area contributed by atoms with Gasteiger partial charge < -0.3 is 0 Å². The molecule has 3 rings (SSSR count). The molecule has 0 spiro atoms. The Labute approximate surface area is 132 Å². The third kappa shape index (κ3) is 3.17. The molecule has 1 aliphatic rings. The minimum Gasteiger partial charge on any atom is -0.273 e. The van der Waals surface area contributed by atoms with Gasteiger partial charge in [-0.1, -0.05) is 48.0 Å². The van der Waals surface area contributed by atoms with Gasteiger partial charge >= 0.3 is 0 Å². The van der Waals surface area contributed by atoms with Crippen LogP contribution in [-0.2, 0) is 4.79 Å². The lowest BCUT2D eigenvalue weighted by atomic mass is 10.1. The summed E-state index contributed by atoms with van der Waals surface area (Å²) in [5, 5.41) is 4.06. The van der Waals surface area contributed by atoms with E-state index in [1.54, 1.807) is 6.07 Å². The second kappa shape index (κ2) is 6.28. The summed E-state index contributed by atoms with van der Waals surface area (Å²) in [5.41, 5.74) is 3.78. The number of rotatable bonds is 4. The van der Waals surface area contributed by atoms with E-state index in [-0.39, 0.29) is 28.3 Å². The fourth-order valence-electron chi connectivity index (χ4n) is 2.43. The van der Waals surface area contributed by atoms with Crippen molar-refractivity contribution in [3.63, 3.8) is 0 Å². The minimum atomic E-state index is -0.473. The zero-order chi connectivity index (χ0) is 15.5. The number of hydrogen-bond acceptors (Lipinski definition) is 2. The zero-order valence-corrected chi connectivity index (χ0v) is 12.4. The van der Waals surface area contributed by atoms with E-state index in [1.165, 1.54) is 18.3 Å². The summed E-state index contributed by atoms with van der Waals surface area (Å²) >= 11 is 5.88. The number of nitrogens with one attached hydrogen (secondary N) is 1. The van der Waals surface area contributed by atoms with Gasteiger partial charge in [-0.2, -0.15) is 5.10 Å². The van der Waals surface area contributed by atoms with Gasteiger partial charge in [0.2, 0.25) is 5.91 Å². The van der Waals surface area contributed by atoms with Crippen LogP contribution in [0.15, 0.2) is 53.6 Å². The van der Waals surface area contributed by atoms with Crippen LogP contribution in [0.5, 0.6) is 0 Å². The van der Waals surface area contributed by atoms with Gasteiger partial charge in [0.15, 0.2) is 0 Å². The molecule has 0 bridgehead atoms. The lowest BCUT2D eigenvalue weighted by Gasteiger charge is -2.01. The molecule has 0 aliphatic heterocycles. The summed E-state index contributed by atoms with van der Waals surface area (Å²) in [6.07, 6.45) is 2.04. The molecule has 2 aromatic carbocycles. The molecule has 1 amide bonds. The SMILES string of the molecule is O=C(N/N=C/c1c(F)cccc1Cl)C1CC1c1ccccc1. The highest BCUT2D eigenvalue weighted by atomic mass is 35.5. The Balaban J connectivity index is 1.59. The van der Waals surface area contributed by atoms with Crippen LogP contribution in [0.2, 0.25) is 5.02 Å². The molecule has 0 radical (unpaired) electrons. The minimum absolute atomic E-state index is 0.0735. The maximum atomic E-state index is 13.5. The molecule has 0 saturated heterocycles. The Morgan fingerprint density at radius 2 is 2.00 bits per heavy atom. The van der Waals surface area contributed by atoms with Crippen LogP contribution in [0.3, 0.4) is 0 Å². The van der Waals surface area contributed by atoms with Crippen LogP contribution >= 0.6 is 11.6 Å². The molecular formula is C17H14ClFN2O. The Kier molecular flexibility index (Phi) is 4.20. The number of carbonyl (C=O) groups is 1. The third-order valence-electron chi connectivity index (χ3n) is 3.72. The van der Waals surface area contributed by atoms with Gasteiger partial charge in [0.05, 0.1) is 11.2 Å². The molecule has 0 heterocycles. The summed E-state index contributed by atoms with van der Waals surface area (Å²) in [6, 6.07) is 14.3. The molecule has 1 N–H and O–H groups in total. The predicted octanol–water partition coefficient (Wildman–Crippen LogP) is 3.73. The van der Waals surface area contributed by atoms with Gasteiger partial charge in [-0.25, -0.2) is 9.82 Å². The molecule has 1 fully saturated rings. The van der Waals surface area contributed by atoms with E-state index < -0.39 is 5.82 Å². The summed E-state index contributed by atoms with van der Waals surface area (Å²) in [6.45, 7) is 0. The molecule has 3 nitrogen and oxygen atoms in total. The van der Waals surface area contributed by atoms with E-state index >= 15 is 0 Å². The summed E-state index contributed by atoms with van der Waals surface area (Å²) < 4.78 is 13.5. The van der Waals surface area contributed by atoms with Crippen molar-refractivity contribution in [1.82, 2.24) is 5.43 Å². The maximum Gasteiger partial charge on any atom is 0.243 e. The van der Waals surface area contributed by atoms with Gasteiger partial charge in [-0.15, -0.1) is 0 Å². The lowest BCUT2D eigenvalue weighted by Crippen LogP contribution is -2.20. The van der Waals surface area contributed by atoms with Crippen molar-refractivity contribution in [2.75, 3.05) is 0 Å². The van der Waals surface area contributed by atoms with Crippen molar-refractivity contribution >= 4 is 23.7 Å². The van der Waals surface area contributed by atoms with Gasteiger partial charge in [-0.05, 0) is 30.0 Å². The average Bonchev–Trinajstić information content (AvgIpc) is 3.32. The van der Waals surface area contributed by atoms with Crippen molar-refractivity contribution < 1.29 is 9.18 Å². The van der Waals surface area contributed by atoms with E-state index in [0.29, 0.717) is 0 Å².